The van der Waals surface area contributed by atoms with Gasteiger partial charge in [-0.25, -0.2) is 0 Å². The number of hydrogen-bond acceptors (Lipinski definition) is 5. The largest absolute Gasteiger partial charge is 0.384 e. The molecule has 9 nitrogen and oxygen atoms in total. The minimum atomic E-state index is -0.856. The van der Waals surface area contributed by atoms with Crippen LogP contribution in [0.3, 0.4) is 0 Å². The van der Waals surface area contributed by atoms with Crippen LogP contribution in [0.15, 0.2) is 0 Å². The van der Waals surface area contributed by atoms with E-state index in [2.05, 4.69) is 23.5 Å². The fourth-order valence-electron chi connectivity index (χ4n) is 4.69. The van der Waals surface area contributed by atoms with E-state index in [0.717, 1.165) is 38.5 Å². The molecule has 5 N–H and O–H groups in total. The standard InChI is InChI=1S/C19H33N3O3.C6H11NO2.2C2H6.C2H2/c1-11(2)17(24)21-15(19(3,4)5)18(25)22-13-9-7-6-8-12(13)10-14(22)16(20)23;1-4(8)6(9)7-5-2-3-5;3*1-2/h11-15H,6-10H2,1-5H3,(H2,20,23)(H,21,24);4-5,8H,2-3H2,1H3,(H,7,9);2*1-2H3;1-2H/t12?,13?,14-,15+;;;;/m0..../s1. The number of aliphatic hydroxyl groups is 1. The number of nitrogens with zero attached hydrogens (tertiary/aromatic N) is 1. The molecule has 232 valence electrons. The van der Waals surface area contributed by atoms with Crippen LogP contribution in [-0.4, -0.2) is 63.9 Å². The van der Waals surface area contributed by atoms with E-state index in [9.17, 15) is 19.2 Å². The van der Waals surface area contributed by atoms with E-state index < -0.39 is 29.5 Å². The maximum atomic E-state index is 13.4. The van der Waals surface area contributed by atoms with Gasteiger partial charge in [0.05, 0.1) is 0 Å². The number of fused-ring (bicyclic) bond motifs is 1. The average Bonchev–Trinajstić information content (AvgIpc) is 3.65. The Morgan fingerprint density at radius 3 is 1.80 bits per heavy atom. The van der Waals surface area contributed by atoms with Gasteiger partial charge in [0.15, 0.2) is 0 Å². The Bertz CT molecular complexity index is 799. The van der Waals surface area contributed by atoms with Crippen molar-refractivity contribution in [2.75, 3.05) is 0 Å². The maximum Gasteiger partial charge on any atom is 0.248 e. The number of nitrogens with one attached hydrogen (secondary N) is 2. The first kappa shape index (κ1) is 39.5. The van der Waals surface area contributed by atoms with Crippen molar-refractivity contribution in [1.29, 1.82) is 0 Å². The smallest absolute Gasteiger partial charge is 0.248 e. The van der Waals surface area contributed by atoms with Crippen molar-refractivity contribution < 1.29 is 24.3 Å². The van der Waals surface area contributed by atoms with Crippen molar-refractivity contribution in [3.05, 3.63) is 0 Å². The predicted octanol–water partition coefficient (Wildman–Crippen LogP) is 3.77. The van der Waals surface area contributed by atoms with Crippen LogP contribution in [-0.2, 0) is 19.2 Å². The second-order valence-electron chi connectivity index (χ2n) is 11.4. The number of rotatable bonds is 6. The number of carbonyl (C=O) groups excluding carboxylic acids is 4. The number of hydrogen-bond donors (Lipinski definition) is 4. The Kier molecular flexibility index (Phi) is 19.2. The van der Waals surface area contributed by atoms with Gasteiger partial charge < -0.3 is 26.4 Å². The average molecular weight is 567 g/mol. The summed E-state index contributed by atoms with van der Waals surface area (Å²) in [6, 6.07) is -0.794. The van der Waals surface area contributed by atoms with E-state index in [1.165, 1.54) is 6.92 Å². The molecule has 0 radical (unpaired) electrons. The number of carbonyl (C=O) groups is 4. The van der Waals surface area contributed by atoms with Crippen LogP contribution < -0.4 is 16.4 Å². The summed E-state index contributed by atoms with van der Waals surface area (Å²) in [5.74, 6) is -0.867. The lowest BCUT2D eigenvalue weighted by Gasteiger charge is -2.39. The van der Waals surface area contributed by atoms with E-state index in [1.807, 2.05) is 48.5 Å². The highest BCUT2D eigenvalue weighted by Crippen LogP contribution is 2.41. The number of likely N-dealkylation sites (tertiary alicyclic amines) is 1. The molecule has 1 aliphatic heterocycles. The molecule has 3 rings (SSSR count). The zero-order valence-corrected chi connectivity index (χ0v) is 26.8. The van der Waals surface area contributed by atoms with Gasteiger partial charge in [-0.3, -0.25) is 19.2 Å². The SMILES string of the molecule is C#C.CC.CC.CC(C)C(=O)N[C@H](C(=O)N1C2CCCCC2C[C@H]1C(N)=O)C(C)(C)C.CC(O)C(=O)NC1CC1. The fraction of sp³-hybridized carbons (Fsp3) is 0.806. The lowest BCUT2D eigenvalue weighted by atomic mass is 9.83. The summed E-state index contributed by atoms with van der Waals surface area (Å²) in [6.45, 7) is 18.9. The molecule has 0 spiro atoms. The Balaban J connectivity index is 0. The van der Waals surface area contributed by atoms with E-state index in [4.69, 9.17) is 10.8 Å². The zero-order chi connectivity index (χ0) is 31.8. The summed E-state index contributed by atoms with van der Waals surface area (Å²) in [5, 5.41) is 14.3. The van der Waals surface area contributed by atoms with Gasteiger partial charge in [-0.2, -0.15) is 0 Å². The summed E-state index contributed by atoms with van der Waals surface area (Å²) in [6.07, 6.45) is 14.1. The van der Waals surface area contributed by atoms with Crippen LogP contribution in [0.4, 0.5) is 0 Å². The minimum Gasteiger partial charge on any atom is -0.384 e. The summed E-state index contributed by atoms with van der Waals surface area (Å²) in [4.78, 5) is 50.0. The molecule has 3 aliphatic rings. The van der Waals surface area contributed by atoms with E-state index >= 15 is 0 Å². The minimum absolute atomic E-state index is 0.0690. The third kappa shape index (κ3) is 12.7. The number of aliphatic hydroxyl groups excluding tert-OH is 1. The van der Waals surface area contributed by atoms with Crippen molar-refractivity contribution in [1.82, 2.24) is 15.5 Å². The quantitative estimate of drug-likeness (QED) is 0.362. The zero-order valence-electron chi connectivity index (χ0n) is 26.8. The number of terminal acetylenes is 1. The van der Waals surface area contributed by atoms with Crippen LogP contribution >= 0.6 is 0 Å². The van der Waals surface area contributed by atoms with Crippen molar-refractivity contribution in [3.8, 4) is 12.8 Å². The Hall–Kier alpha value is -2.60. The first-order valence-corrected chi connectivity index (χ1v) is 15.0. The third-order valence-corrected chi connectivity index (χ3v) is 6.90. The molecule has 4 amide bonds. The van der Waals surface area contributed by atoms with Crippen molar-refractivity contribution in [2.45, 2.75) is 144 Å². The van der Waals surface area contributed by atoms with Crippen LogP contribution in [0.5, 0.6) is 0 Å². The molecular formula is C31H58N4O5. The van der Waals surface area contributed by atoms with Gasteiger partial charge >= 0.3 is 0 Å². The molecular weight excluding hydrogens is 508 g/mol. The third-order valence-electron chi connectivity index (χ3n) is 6.90. The normalized spacial score (nSPS) is 22.4. The summed E-state index contributed by atoms with van der Waals surface area (Å²) >= 11 is 0. The van der Waals surface area contributed by atoms with Crippen LogP contribution in [0, 0.1) is 30.1 Å². The Morgan fingerprint density at radius 1 is 0.900 bits per heavy atom. The van der Waals surface area contributed by atoms with Crippen LogP contribution in [0.1, 0.15) is 114 Å². The molecule has 2 aliphatic carbocycles. The van der Waals surface area contributed by atoms with Gasteiger partial charge in [-0.15, -0.1) is 12.8 Å². The molecule has 0 aromatic heterocycles. The molecule has 40 heavy (non-hydrogen) atoms. The van der Waals surface area contributed by atoms with Crippen molar-refractivity contribution in [2.24, 2.45) is 23.0 Å². The van der Waals surface area contributed by atoms with Crippen molar-refractivity contribution in [3.63, 3.8) is 0 Å². The molecule has 0 aromatic rings. The summed E-state index contributed by atoms with van der Waals surface area (Å²) in [7, 11) is 0. The first-order chi connectivity index (χ1) is 18.7. The first-order valence-electron chi connectivity index (χ1n) is 15.0. The number of nitrogens with two attached hydrogens (primary N) is 1. The maximum absolute atomic E-state index is 13.4. The lowest BCUT2D eigenvalue weighted by molar-refractivity contribution is -0.146. The van der Waals surface area contributed by atoms with Crippen LogP contribution in [0.25, 0.3) is 0 Å². The monoisotopic (exact) mass is 566 g/mol. The summed E-state index contributed by atoms with van der Waals surface area (Å²) in [5.41, 5.74) is 5.17. The van der Waals surface area contributed by atoms with Gasteiger partial charge in [-0.1, -0.05) is 75.2 Å². The molecule has 5 atom stereocenters. The van der Waals surface area contributed by atoms with Crippen LogP contribution in [0.2, 0.25) is 0 Å². The molecule has 1 saturated heterocycles. The molecule has 2 saturated carbocycles. The molecule has 3 unspecified atom stereocenters. The molecule has 0 aromatic carbocycles. The second-order valence-corrected chi connectivity index (χ2v) is 11.4. The fourth-order valence-corrected chi connectivity index (χ4v) is 4.69. The van der Waals surface area contributed by atoms with Crippen molar-refractivity contribution >= 4 is 23.6 Å². The molecule has 1 heterocycles. The Labute approximate surface area is 243 Å². The van der Waals surface area contributed by atoms with Gasteiger partial charge in [-0.05, 0) is 50.4 Å². The second kappa shape index (κ2) is 19.5. The van der Waals surface area contributed by atoms with Gasteiger partial charge in [0.1, 0.15) is 18.2 Å². The number of amides is 4. The van der Waals surface area contributed by atoms with E-state index in [1.54, 1.807) is 18.7 Å². The van der Waals surface area contributed by atoms with Gasteiger partial charge in [0.2, 0.25) is 23.6 Å². The summed E-state index contributed by atoms with van der Waals surface area (Å²) < 4.78 is 0. The number of primary amides is 1. The van der Waals surface area contributed by atoms with Gasteiger partial charge in [0, 0.05) is 18.0 Å². The molecule has 0 bridgehead atoms. The highest BCUT2D eigenvalue weighted by molar-refractivity contribution is 5.93. The topological polar surface area (TPSA) is 142 Å². The van der Waals surface area contributed by atoms with Gasteiger partial charge in [0.25, 0.3) is 0 Å². The highest BCUT2D eigenvalue weighted by atomic mass is 16.3. The van der Waals surface area contributed by atoms with E-state index in [0.29, 0.717) is 18.4 Å². The van der Waals surface area contributed by atoms with E-state index in [-0.39, 0.29) is 29.7 Å². The Morgan fingerprint density at radius 2 is 1.40 bits per heavy atom. The molecule has 9 heteroatoms. The lowest BCUT2D eigenvalue weighted by Crippen LogP contribution is -2.59. The predicted molar refractivity (Wildman–Crippen MR) is 162 cm³/mol. The highest BCUT2D eigenvalue weighted by Gasteiger charge is 2.50. The molecule has 3 fully saturated rings.